The summed E-state index contributed by atoms with van der Waals surface area (Å²) in [7, 11) is -3.73. The Balaban J connectivity index is 1.89. The molecule has 0 spiro atoms. The van der Waals surface area contributed by atoms with Crippen LogP contribution in [-0.2, 0) is 14.8 Å². The molecule has 1 fully saturated rings. The van der Waals surface area contributed by atoms with E-state index >= 15 is 0 Å². The number of anilines is 2. The van der Waals surface area contributed by atoms with Gasteiger partial charge >= 0.3 is 6.03 Å². The fraction of sp³-hybridized carbons (Fsp3) is 0.0667. The number of benzene rings is 2. The smallest absolute Gasteiger partial charge is 0.328 e. The molecule has 0 aromatic heterocycles. The van der Waals surface area contributed by atoms with Crippen molar-refractivity contribution in [1.82, 2.24) is 5.32 Å². The van der Waals surface area contributed by atoms with Crippen LogP contribution in [0.15, 0.2) is 59.5 Å². The van der Waals surface area contributed by atoms with Crippen LogP contribution in [0.25, 0.3) is 0 Å². The summed E-state index contributed by atoms with van der Waals surface area (Å²) in [4.78, 5) is 24.5. The maximum Gasteiger partial charge on any atom is 0.329 e. The zero-order valence-corrected chi connectivity index (χ0v) is 12.7. The quantitative estimate of drug-likeness (QED) is 0.831. The molecule has 1 aliphatic rings. The van der Waals surface area contributed by atoms with Crippen molar-refractivity contribution >= 4 is 33.3 Å². The maximum atomic E-state index is 12.3. The van der Waals surface area contributed by atoms with E-state index in [0.717, 1.165) is 4.90 Å². The van der Waals surface area contributed by atoms with Crippen molar-refractivity contribution in [3.05, 3.63) is 54.6 Å². The number of carbonyl (C=O) groups excluding carboxylic acids is 2. The van der Waals surface area contributed by atoms with Crippen molar-refractivity contribution in [3.8, 4) is 0 Å². The van der Waals surface area contributed by atoms with Crippen molar-refractivity contribution in [2.75, 3.05) is 16.2 Å². The standard InChI is InChI=1S/C15H13N3O4S/c19-14-10-16-15(20)18(14)12-6-4-5-11(9-12)17-23(21,22)13-7-2-1-3-8-13/h1-9,17H,10H2,(H,16,20). The molecular formula is C15H13N3O4S. The van der Waals surface area contributed by atoms with Gasteiger partial charge in [-0.05, 0) is 30.3 Å². The number of nitrogens with zero attached hydrogens (tertiary/aromatic N) is 1. The number of hydrogen-bond donors (Lipinski definition) is 2. The topological polar surface area (TPSA) is 95.6 Å². The minimum Gasteiger partial charge on any atom is -0.328 e. The molecule has 2 N–H and O–H groups in total. The second kappa shape index (κ2) is 5.73. The van der Waals surface area contributed by atoms with Gasteiger partial charge in [-0.2, -0.15) is 0 Å². The third kappa shape index (κ3) is 3.02. The van der Waals surface area contributed by atoms with E-state index in [0.29, 0.717) is 5.69 Å². The molecule has 0 bridgehead atoms. The number of imide groups is 1. The van der Waals surface area contributed by atoms with Crippen LogP contribution in [0.3, 0.4) is 0 Å². The van der Waals surface area contributed by atoms with Crippen LogP contribution in [-0.4, -0.2) is 26.9 Å². The van der Waals surface area contributed by atoms with E-state index in [1.54, 1.807) is 36.4 Å². The molecule has 2 aromatic carbocycles. The Kier molecular flexibility index (Phi) is 3.75. The minimum absolute atomic E-state index is 0.0706. The zero-order chi connectivity index (χ0) is 16.4. The highest BCUT2D eigenvalue weighted by Gasteiger charge is 2.30. The van der Waals surface area contributed by atoms with E-state index in [1.807, 2.05) is 0 Å². The molecule has 0 radical (unpaired) electrons. The molecule has 7 nitrogen and oxygen atoms in total. The van der Waals surface area contributed by atoms with Gasteiger partial charge in [0.15, 0.2) is 0 Å². The average Bonchev–Trinajstić information content (AvgIpc) is 2.87. The Hall–Kier alpha value is -2.87. The molecule has 2 aromatic rings. The van der Waals surface area contributed by atoms with Gasteiger partial charge in [0.05, 0.1) is 22.8 Å². The van der Waals surface area contributed by atoms with Gasteiger partial charge in [0, 0.05) is 0 Å². The highest BCUT2D eigenvalue weighted by molar-refractivity contribution is 7.92. The number of carbonyl (C=O) groups is 2. The fourth-order valence-corrected chi connectivity index (χ4v) is 3.28. The molecule has 0 atom stereocenters. The lowest BCUT2D eigenvalue weighted by Crippen LogP contribution is -2.30. The first kappa shape index (κ1) is 15.0. The summed E-state index contributed by atoms with van der Waals surface area (Å²) in [5, 5.41) is 2.41. The molecule has 1 saturated heterocycles. The minimum atomic E-state index is -3.73. The van der Waals surface area contributed by atoms with Crippen molar-refractivity contribution in [2.45, 2.75) is 4.90 Å². The van der Waals surface area contributed by atoms with Gasteiger partial charge in [-0.25, -0.2) is 18.1 Å². The van der Waals surface area contributed by atoms with E-state index < -0.39 is 22.0 Å². The summed E-state index contributed by atoms with van der Waals surface area (Å²) < 4.78 is 27.0. The lowest BCUT2D eigenvalue weighted by molar-refractivity contribution is -0.115. The van der Waals surface area contributed by atoms with Crippen molar-refractivity contribution in [3.63, 3.8) is 0 Å². The lowest BCUT2D eigenvalue weighted by atomic mass is 10.2. The third-order valence-corrected chi connectivity index (χ3v) is 4.65. The van der Waals surface area contributed by atoms with Gasteiger partial charge in [0.2, 0.25) is 0 Å². The zero-order valence-electron chi connectivity index (χ0n) is 11.9. The molecule has 0 unspecified atom stereocenters. The normalized spacial score (nSPS) is 14.7. The molecule has 3 amide bonds. The largest absolute Gasteiger partial charge is 0.329 e. The van der Waals surface area contributed by atoms with E-state index in [2.05, 4.69) is 10.0 Å². The van der Waals surface area contributed by atoms with Crippen molar-refractivity contribution < 1.29 is 18.0 Å². The number of urea groups is 1. The highest BCUT2D eigenvalue weighted by atomic mass is 32.2. The summed E-state index contributed by atoms with van der Waals surface area (Å²) in [6.45, 7) is -0.0706. The second-order valence-electron chi connectivity index (χ2n) is 4.86. The predicted octanol–water partition coefficient (Wildman–Crippen LogP) is 1.54. The second-order valence-corrected chi connectivity index (χ2v) is 6.54. The Morgan fingerprint density at radius 3 is 2.39 bits per heavy atom. The first-order chi connectivity index (χ1) is 11.0. The summed E-state index contributed by atoms with van der Waals surface area (Å²) in [6.07, 6.45) is 0. The number of sulfonamides is 1. The molecule has 8 heteroatoms. The molecule has 3 rings (SSSR count). The van der Waals surface area contributed by atoms with Gasteiger partial charge in [0.25, 0.3) is 15.9 Å². The van der Waals surface area contributed by atoms with E-state index in [4.69, 9.17) is 0 Å². The van der Waals surface area contributed by atoms with Crippen LogP contribution >= 0.6 is 0 Å². The van der Waals surface area contributed by atoms with E-state index in [9.17, 15) is 18.0 Å². The maximum absolute atomic E-state index is 12.3. The Morgan fingerprint density at radius 1 is 1.00 bits per heavy atom. The Bertz CT molecular complexity index is 849. The number of amides is 3. The van der Waals surface area contributed by atoms with E-state index in [-0.39, 0.29) is 17.1 Å². The summed E-state index contributed by atoms with van der Waals surface area (Å²) in [5.74, 6) is -0.391. The molecule has 0 saturated carbocycles. The first-order valence-electron chi connectivity index (χ1n) is 6.76. The molecule has 0 aliphatic carbocycles. The molecule has 1 heterocycles. The number of hydrogen-bond acceptors (Lipinski definition) is 4. The predicted molar refractivity (Wildman–Crippen MR) is 84.6 cm³/mol. The molecular weight excluding hydrogens is 318 g/mol. The van der Waals surface area contributed by atoms with Crippen LogP contribution in [0.4, 0.5) is 16.2 Å². The number of rotatable bonds is 4. The van der Waals surface area contributed by atoms with Crippen LogP contribution in [0.2, 0.25) is 0 Å². The Labute approximate surface area is 133 Å². The monoisotopic (exact) mass is 331 g/mol. The van der Waals surface area contributed by atoms with Gasteiger partial charge in [-0.3, -0.25) is 9.52 Å². The van der Waals surface area contributed by atoms with Gasteiger partial charge in [0.1, 0.15) is 0 Å². The molecule has 118 valence electrons. The van der Waals surface area contributed by atoms with Gasteiger partial charge in [-0.1, -0.05) is 24.3 Å². The number of nitrogens with one attached hydrogen (secondary N) is 2. The molecule has 1 aliphatic heterocycles. The summed E-state index contributed by atoms with van der Waals surface area (Å²) in [5.41, 5.74) is 0.567. The Morgan fingerprint density at radius 2 is 1.74 bits per heavy atom. The van der Waals surface area contributed by atoms with Gasteiger partial charge < -0.3 is 5.32 Å². The van der Waals surface area contributed by atoms with Crippen molar-refractivity contribution in [1.29, 1.82) is 0 Å². The van der Waals surface area contributed by atoms with Crippen molar-refractivity contribution in [2.24, 2.45) is 0 Å². The summed E-state index contributed by atoms with van der Waals surface area (Å²) >= 11 is 0. The van der Waals surface area contributed by atoms with Crippen LogP contribution in [0.1, 0.15) is 0 Å². The first-order valence-corrected chi connectivity index (χ1v) is 8.24. The van der Waals surface area contributed by atoms with Gasteiger partial charge in [-0.15, -0.1) is 0 Å². The van der Waals surface area contributed by atoms with Crippen LogP contribution in [0.5, 0.6) is 0 Å². The molecule has 23 heavy (non-hydrogen) atoms. The summed E-state index contributed by atoms with van der Waals surface area (Å²) in [6, 6.07) is 13.5. The average molecular weight is 331 g/mol. The SMILES string of the molecule is O=C1CNC(=O)N1c1cccc(NS(=O)(=O)c2ccccc2)c1. The lowest BCUT2D eigenvalue weighted by Gasteiger charge is -2.14. The highest BCUT2D eigenvalue weighted by Crippen LogP contribution is 2.23. The van der Waals surface area contributed by atoms with Crippen LogP contribution < -0.4 is 14.9 Å². The van der Waals surface area contributed by atoms with E-state index in [1.165, 1.54) is 18.2 Å². The van der Waals surface area contributed by atoms with Crippen LogP contribution in [0, 0.1) is 0 Å². The fourth-order valence-electron chi connectivity index (χ4n) is 2.21. The third-order valence-electron chi connectivity index (χ3n) is 3.25.